The summed E-state index contributed by atoms with van der Waals surface area (Å²) in [7, 11) is 0. The van der Waals surface area contributed by atoms with Crippen molar-refractivity contribution in [2.45, 2.75) is 26.4 Å². The van der Waals surface area contributed by atoms with Gasteiger partial charge in [-0.05, 0) is 32.2 Å². The Morgan fingerprint density at radius 3 is 3.00 bits per heavy atom. The third kappa shape index (κ3) is 3.66. The first-order chi connectivity index (χ1) is 9.60. The molecule has 2 heterocycles. The van der Waals surface area contributed by atoms with Gasteiger partial charge in [0.1, 0.15) is 5.65 Å². The van der Waals surface area contributed by atoms with E-state index in [-0.39, 0.29) is 12.1 Å². The molecular formula is C14H20N4OS. The number of hydrogen-bond acceptors (Lipinski definition) is 3. The van der Waals surface area contributed by atoms with Gasteiger partial charge in [-0.2, -0.15) is 11.8 Å². The molecule has 2 aromatic rings. The lowest BCUT2D eigenvalue weighted by Crippen LogP contribution is -2.41. The Bertz CT molecular complexity index is 596. The minimum atomic E-state index is -0.152. The highest BCUT2D eigenvalue weighted by Gasteiger charge is 2.08. The number of hydrogen-bond donors (Lipinski definition) is 2. The number of aromatic nitrogens is 2. The van der Waals surface area contributed by atoms with Crippen LogP contribution in [0.2, 0.25) is 0 Å². The number of amides is 2. The predicted molar refractivity (Wildman–Crippen MR) is 83.1 cm³/mol. The lowest BCUT2D eigenvalue weighted by molar-refractivity contribution is 0.238. The average Bonchev–Trinajstić information content (AvgIpc) is 2.81. The molecule has 1 atom stereocenters. The second kappa shape index (κ2) is 6.65. The SMILES string of the molecule is CSC[C@H](C)NC(=O)NCc1cn2c(C)cccc2n1. The average molecular weight is 292 g/mol. The zero-order valence-electron chi connectivity index (χ0n) is 12.0. The van der Waals surface area contributed by atoms with Crippen LogP contribution in [0.15, 0.2) is 24.4 Å². The highest BCUT2D eigenvalue weighted by molar-refractivity contribution is 7.98. The number of aryl methyl sites for hydroxylation is 1. The largest absolute Gasteiger partial charge is 0.335 e. The van der Waals surface area contributed by atoms with Crippen LogP contribution in [0.1, 0.15) is 18.3 Å². The van der Waals surface area contributed by atoms with E-state index in [0.717, 1.165) is 22.8 Å². The molecular weight excluding hydrogens is 272 g/mol. The number of nitrogens with one attached hydrogen (secondary N) is 2. The normalized spacial score (nSPS) is 12.3. The van der Waals surface area contributed by atoms with Crippen molar-refractivity contribution in [3.63, 3.8) is 0 Å². The molecule has 6 heteroatoms. The molecule has 2 rings (SSSR count). The fourth-order valence-corrected chi connectivity index (χ4v) is 2.60. The maximum absolute atomic E-state index is 11.7. The molecule has 0 aliphatic carbocycles. The van der Waals surface area contributed by atoms with Crippen LogP contribution in [-0.4, -0.2) is 33.5 Å². The fourth-order valence-electron chi connectivity index (χ4n) is 2.02. The van der Waals surface area contributed by atoms with Crippen LogP contribution in [-0.2, 0) is 6.54 Å². The monoisotopic (exact) mass is 292 g/mol. The van der Waals surface area contributed by atoms with Crippen LogP contribution in [0.4, 0.5) is 4.79 Å². The Labute approximate surface area is 123 Å². The van der Waals surface area contributed by atoms with Crippen LogP contribution < -0.4 is 10.6 Å². The first kappa shape index (κ1) is 14.7. The second-order valence-corrected chi connectivity index (χ2v) is 5.72. The minimum absolute atomic E-state index is 0.152. The molecule has 0 aliphatic rings. The summed E-state index contributed by atoms with van der Waals surface area (Å²) in [5.41, 5.74) is 2.88. The van der Waals surface area contributed by atoms with E-state index in [1.54, 1.807) is 11.8 Å². The minimum Gasteiger partial charge on any atom is -0.335 e. The zero-order valence-corrected chi connectivity index (χ0v) is 12.8. The summed E-state index contributed by atoms with van der Waals surface area (Å²) in [6.45, 7) is 4.45. The molecule has 0 bridgehead atoms. The summed E-state index contributed by atoms with van der Waals surface area (Å²) in [5, 5.41) is 5.72. The summed E-state index contributed by atoms with van der Waals surface area (Å²) in [4.78, 5) is 16.2. The number of urea groups is 1. The van der Waals surface area contributed by atoms with Crippen molar-refractivity contribution in [2.24, 2.45) is 0 Å². The van der Waals surface area contributed by atoms with Crippen LogP contribution in [0.5, 0.6) is 0 Å². The Balaban J connectivity index is 1.92. The molecule has 0 radical (unpaired) electrons. The standard InChI is InChI=1S/C14H20N4OS/c1-10(9-20-3)16-14(19)15-7-12-8-18-11(2)5-4-6-13(18)17-12/h4-6,8,10H,7,9H2,1-3H3,(H2,15,16,19)/t10-/m0/s1. The summed E-state index contributed by atoms with van der Waals surface area (Å²) in [6, 6.07) is 5.97. The first-order valence-electron chi connectivity index (χ1n) is 6.57. The number of pyridine rings is 1. The topological polar surface area (TPSA) is 58.4 Å². The van der Waals surface area contributed by atoms with Crippen molar-refractivity contribution in [2.75, 3.05) is 12.0 Å². The Morgan fingerprint density at radius 2 is 2.30 bits per heavy atom. The van der Waals surface area contributed by atoms with Crippen molar-refractivity contribution in [1.82, 2.24) is 20.0 Å². The van der Waals surface area contributed by atoms with Gasteiger partial charge >= 0.3 is 6.03 Å². The van der Waals surface area contributed by atoms with Gasteiger partial charge in [0.2, 0.25) is 0 Å². The quantitative estimate of drug-likeness (QED) is 0.888. The van der Waals surface area contributed by atoms with Crippen LogP contribution in [0.25, 0.3) is 5.65 Å². The van der Waals surface area contributed by atoms with Crippen LogP contribution >= 0.6 is 11.8 Å². The fraction of sp³-hybridized carbons (Fsp3) is 0.429. The molecule has 5 nitrogen and oxygen atoms in total. The van der Waals surface area contributed by atoms with Gasteiger partial charge in [0.05, 0.1) is 12.2 Å². The predicted octanol–water partition coefficient (Wildman–Crippen LogP) is 2.19. The van der Waals surface area contributed by atoms with Crippen molar-refractivity contribution in [1.29, 1.82) is 0 Å². The van der Waals surface area contributed by atoms with E-state index < -0.39 is 0 Å². The second-order valence-electron chi connectivity index (χ2n) is 4.81. The van der Waals surface area contributed by atoms with Gasteiger partial charge in [-0.25, -0.2) is 9.78 Å². The van der Waals surface area contributed by atoms with E-state index in [1.807, 2.05) is 48.9 Å². The van der Waals surface area contributed by atoms with E-state index in [2.05, 4.69) is 15.6 Å². The number of fused-ring (bicyclic) bond motifs is 1. The van der Waals surface area contributed by atoms with Gasteiger partial charge in [-0.1, -0.05) is 6.07 Å². The highest BCUT2D eigenvalue weighted by Crippen LogP contribution is 2.08. The molecule has 20 heavy (non-hydrogen) atoms. The van der Waals surface area contributed by atoms with Gasteiger partial charge in [0, 0.05) is 23.7 Å². The Morgan fingerprint density at radius 1 is 1.50 bits per heavy atom. The molecule has 0 aliphatic heterocycles. The summed E-state index contributed by atoms with van der Waals surface area (Å²) in [5.74, 6) is 0.904. The van der Waals surface area contributed by atoms with Crippen molar-refractivity contribution < 1.29 is 4.79 Å². The van der Waals surface area contributed by atoms with Crippen LogP contribution in [0, 0.1) is 6.92 Å². The van der Waals surface area contributed by atoms with Gasteiger partial charge in [0.15, 0.2) is 0 Å². The highest BCUT2D eigenvalue weighted by atomic mass is 32.2. The smallest absolute Gasteiger partial charge is 0.315 e. The lowest BCUT2D eigenvalue weighted by Gasteiger charge is -2.12. The van der Waals surface area contributed by atoms with Gasteiger partial charge in [0.25, 0.3) is 0 Å². The molecule has 0 fully saturated rings. The third-order valence-electron chi connectivity index (χ3n) is 2.97. The van der Waals surface area contributed by atoms with E-state index >= 15 is 0 Å². The molecule has 2 aromatic heterocycles. The number of imidazole rings is 1. The van der Waals surface area contributed by atoms with Gasteiger partial charge < -0.3 is 15.0 Å². The van der Waals surface area contributed by atoms with E-state index in [4.69, 9.17) is 0 Å². The van der Waals surface area contributed by atoms with Crippen molar-refractivity contribution >= 4 is 23.4 Å². The summed E-state index contributed by atoms with van der Waals surface area (Å²) >= 11 is 1.71. The molecule has 0 saturated heterocycles. The first-order valence-corrected chi connectivity index (χ1v) is 7.96. The molecule has 0 saturated carbocycles. The number of nitrogens with zero attached hydrogens (tertiary/aromatic N) is 2. The van der Waals surface area contributed by atoms with Gasteiger partial charge in [-0.15, -0.1) is 0 Å². The number of carbonyl (C=O) groups is 1. The lowest BCUT2D eigenvalue weighted by atomic mass is 10.4. The Hall–Kier alpha value is -1.69. The van der Waals surface area contributed by atoms with Crippen LogP contribution in [0.3, 0.4) is 0 Å². The maximum atomic E-state index is 11.7. The maximum Gasteiger partial charge on any atom is 0.315 e. The van der Waals surface area contributed by atoms with Crippen molar-refractivity contribution in [3.8, 4) is 0 Å². The molecule has 2 N–H and O–H groups in total. The summed E-state index contributed by atoms with van der Waals surface area (Å²) in [6.07, 6.45) is 3.98. The number of thioether (sulfide) groups is 1. The number of rotatable bonds is 5. The summed E-state index contributed by atoms with van der Waals surface area (Å²) < 4.78 is 2.02. The molecule has 0 spiro atoms. The van der Waals surface area contributed by atoms with E-state index in [0.29, 0.717) is 6.54 Å². The van der Waals surface area contributed by atoms with Gasteiger partial charge in [-0.3, -0.25) is 0 Å². The zero-order chi connectivity index (χ0) is 14.5. The molecule has 0 unspecified atom stereocenters. The van der Waals surface area contributed by atoms with Crippen molar-refractivity contribution in [3.05, 3.63) is 35.8 Å². The molecule has 108 valence electrons. The third-order valence-corrected chi connectivity index (χ3v) is 3.80. The number of carbonyl (C=O) groups excluding carboxylic acids is 1. The van der Waals surface area contributed by atoms with E-state index in [1.165, 1.54) is 0 Å². The molecule has 0 aromatic carbocycles. The Kier molecular flexibility index (Phi) is 4.89. The van der Waals surface area contributed by atoms with E-state index in [9.17, 15) is 4.79 Å². The molecule has 2 amide bonds.